The average Bonchev–Trinajstić information content (AvgIpc) is 2.53. The van der Waals surface area contributed by atoms with Crippen molar-refractivity contribution in [2.75, 3.05) is 0 Å². The van der Waals surface area contributed by atoms with E-state index in [-0.39, 0.29) is 0 Å². The fraction of sp³-hybridized carbons (Fsp3) is 0.125. The van der Waals surface area contributed by atoms with Crippen molar-refractivity contribution in [1.29, 1.82) is 0 Å². The van der Waals surface area contributed by atoms with Gasteiger partial charge in [0.1, 0.15) is 0 Å². The minimum atomic E-state index is 0.435. The molecule has 0 aliphatic rings. The zero-order valence-corrected chi connectivity index (χ0v) is 10.9. The Balaban J connectivity index is 0.000000200. The van der Waals surface area contributed by atoms with Crippen LogP contribution < -0.4 is 0 Å². The Labute approximate surface area is 117 Å². The Bertz CT molecular complexity index is 529. The first-order valence-corrected chi connectivity index (χ1v) is 6.02. The maximum atomic E-state index is 9.69. The molecular weight excluding hydrogens is 252 g/mol. The molecule has 100 valence electrons. The third-order valence-corrected chi connectivity index (χ3v) is 2.34. The number of hydrogen-bond acceptors (Lipinski definition) is 4. The highest BCUT2D eigenvalue weighted by molar-refractivity contribution is 5.34. The van der Waals surface area contributed by atoms with Gasteiger partial charge in [0.05, 0.1) is 13.1 Å². The smallest absolute Gasteiger partial charge is 0.211 e. The third kappa shape index (κ3) is 6.82. The van der Waals surface area contributed by atoms with E-state index in [0.717, 1.165) is 11.1 Å². The second-order valence-electron chi connectivity index (χ2n) is 3.79. The molecule has 0 atom stereocenters. The van der Waals surface area contributed by atoms with Crippen LogP contribution in [-0.4, -0.2) is 12.2 Å². The number of aliphatic imine (C=N–C) groups is 2. The summed E-state index contributed by atoms with van der Waals surface area (Å²) in [5.74, 6) is 0. The van der Waals surface area contributed by atoms with Gasteiger partial charge in [-0.25, -0.2) is 19.6 Å². The van der Waals surface area contributed by atoms with Gasteiger partial charge in [0.15, 0.2) is 0 Å². The van der Waals surface area contributed by atoms with Crippen LogP contribution in [0.4, 0.5) is 0 Å². The molecule has 20 heavy (non-hydrogen) atoms. The second-order valence-corrected chi connectivity index (χ2v) is 3.79. The van der Waals surface area contributed by atoms with E-state index in [0.29, 0.717) is 13.1 Å². The van der Waals surface area contributed by atoms with Crippen molar-refractivity contribution in [2.24, 2.45) is 9.98 Å². The molecule has 0 bridgehead atoms. The van der Waals surface area contributed by atoms with Crippen molar-refractivity contribution in [1.82, 2.24) is 0 Å². The van der Waals surface area contributed by atoms with Gasteiger partial charge in [0, 0.05) is 0 Å². The van der Waals surface area contributed by atoms with E-state index in [9.17, 15) is 9.59 Å². The number of benzene rings is 2. The maximum absolute atomic E-state index is 9.69. The quantitative estimate of drug-likeness (QED) is 0.630. The lowest BCUT2D eigenvalue weighted by Gasteiger charge is -1.89. The lowest BCUT2D eigenvalue weighted by atomic mass is 10.2. The van der Waals surface area contributed by atoms with Crippen molar-refractivity contribution >= 4 is 12.2 Å². The Hall–Kier alpha value is -2.80. The van der Waals surface area contributed by atoms with Crippen LogP contribution in [0.2, 0.25) is 0 Å². The second kappa shape index (κ2) is 10.2. The fourth-order valence-corrected chi connectivity index (χ4v) is 1.41. The molecule has 0 saturated heterocycles. The topological polar surface area (TPSA) is 58.9 Å². The van der Waals surface area contributed by atoms with Gasteiger partial charge in [-0.2, -0.15) is 0 Å². The summed E-state index contributed by atoms with van der Waals surface area (Å²) in [6, 6.07) is 19.2. The highest BCUT2D eigenvalue weighted by Gasteiger charge is 1.85. The highest BCUT2D eigenvalue weighted by Crippen LogP contribution is 1.99. The van der Waals surface area contributed by atoms with Crippen LogP contribution in [-0.2, 0) is 22.7 Å². The Morgan fingerprint density at radius 1 is 0.650 bits per heavy atom. The molecule has 0 heterocycles. The van der Waals surface area contributed by atoms with Crippen LogP contribution in [0.1, 0.15) is 11.1 Å². The van der Waals surface area contributed by atoms with Crippen molar-refractivity contribution in [3.05, 3.63) is 71.8 Å². The number of rotatable bonds is 4. The van der Waals surface area contributed by atoms with Gasteiger partial charge < -0.3 is 0 Å². The fourth-order valence-electron chi connectivity index (χ4n) is 1.41. The first kappa shape index (κ1) is 15.3. The van der Waals surface area contributed by atoms with Crippen LogP contribution in [0.5, 0.6) is 0 Å². The van der Waals surface area contributed by atoms with Crippen LogP contribution >= 0.6 is 0 Å². The van der Waals surface area contributed by atoms with E-state index >= 15 is 0 Å². The molecule has 4 nitrogen and oxygen atoms in total. The van der Waals surface area contributed by atoms with Crippen LogP contribution in [0, 0.1) is 0 Å². The molecule has 0 spiro atoms. The molecule has 0 aliphatic carbocycles. The van der Waals surface area contributed by atoms with Crippen molar-refractivity contribution in [2.45, 2.75) is 13.1 Å². The summed E-state index contributed by atoms with van der Waals surface area (Å²) in [6.07, 6.45) is 2.98. The van der Waals surface area contributed by atoms with Crippen LogP contribution in [0.3, 0.4) is 0 Å². The first-order valence-electron chi connectivity index (χ1n) is 6.02. The molecule has 2 aromatic carbocycles. The molecule has 0 amide bonds. The lowest BCUT2D eigenvalue weighted by molar-refractivity contribution is 0.562. The SMILES string of the molecule is O=C=NCc1ccccc1.O=C=NCc1ccccc1. The molecule has 0 N–H and O–H groups in total. The van der Waals surface area contributed by atoms with Crippen molar-refractivity contribution < 1.29 is 9.59 Å². The number of isocyanates is 2. The molecule has 0 saturated carbocycles. The summed E-state index contributed by atoms with van der Waals surface area (Å²) in [5, 5.41) is 0. The number of nitrogens with zero attached hydrogens (tertiary/aromatic N) is 2. The standard InChI is InChI=1S/2C8H7NO/c2*10-7-9-6-8-4-2-1-3-5-8/h2*1-5H,6H2. The van der Waals surface area contributed by atoms with E-state index < -0.39 is 0 Å². The van der Waals surface area contributed by atoms with Crippen LogP contribution in [0.15, 0.2) is 70.6 Å². The Kier molecular flexibility index (Phi) is 7.75. The zero-order chi connectivity index (χ0) is 14.5. The molecule has 2 rings (SSSR count). The highest BCUT2D eigenvalue weighted by atomic mass is 16.1. The van der Waals surface area contributed by atoms with E-state index in [1.807, 2.05) is 60.7 Å². The van der Waals surface area contributed by atoms with Gasteiger partial charge in [0.25, 0.3) is 0 Å². The predicted octanol–water partition coefficient (Wildman–Crippen LogP) is 3.04. The normalized spacial score (nSPS) is 8.40. The molecular formula is C16H14N2O2. The predicted molar refractivity (Wildman–Crippen MR) is 76.5 cm³/mol. The zero-order valence-electron chi connectivity index (χ0n) is 10.9. The summed E-state index contributed by atoms with van der Waals surface area (Å²) >= 11 is 0. The van der Waals surface area contributed by atoms with Gasteiger partial charge in [-0.05, 0) is 11.1 Å². The van der Waals surface area contributed by atoms with E-state index in [4.69, 9.17) is 0 Å². The molecule has 0 fully saturated rings. The lowest BCUT2D eigenvalue weighted by Crippen LogP contribution is -1.77. The molecule has 0 aromatic heterocycles. The molecule has 4 heteroatoms. The maximum Gasteiger partial charge on any atom is 0.235 e. The third-order valence-electron chi connectivity index (χ3n) is 2.34. The molecule has 0 unspecified atom stereocenters. The summed E-state index contributed by atoms with van der Waals surface area (Å²) in [5.41, 5.74) is 2.07. The Morgan fingerprint density at radius 3 is 1.30 bits per heavy atom. The summed E-state index contributed by atoms with van der Waals surface area (Å²) in [4.78, 5) is 26.2. The number of hydrogen-bond donors (Lipinski definition) is 0. The number of carbonyl (C=O) groups excluding carboxylic acids is 2. The summed E-state index contributed by atoms with van der Waals surface area (Å²) < 4.78 is 0. The average molecular weight is 266 g/mol. The van der Waals surface area contributed by atoms with Gasteiger partial charge in [-0.3, -0.25) is 0 Å². The first-order chi connectivity index (χ1) is 9.86. The Morgan fingerprint density at radius 2 is 1.00 bits per heavy atom. The summed E-state index contributed by atoms with van der Waals surface area (Å²) in [7, 11) is 0. The van der Waals surface area contributed by atoms with Crippen LogP contribution in [0.25, 0.3) is 0 Å². The molecule has 2 aromatic rings. The van der Waals surface area contributed by atoms with Gasteiger partial charge in [-0.15, -0.1) is 0 Å². The molecule has 0 aliphatic heterocycles. The van der Waals surface area contributed by atoms with E-state index in [1.165, 1.54) is 12.2 Å². The minimum absolute atomic E-state index is 0.435. The summed E-state index contributed by atoms with van der Waals surface area (Å²) in [6.45, 7) is 0.870. The molecule has 0 radical (unpaired) electrons. The minimum Gasteiger partial charge on any atom is -0.211 e. The van der Waals surface area contributed by atoms with E-state index in [2.05, 4.69) is 9.98 Å². The van der Waals surface area contributed by atoms with Crippen molar-refractivity contribution in [3.8, 4) is 0 Å². The largest absolute Gasteiger partial charge is 0.235 e. The van der Waals surface area contributed by atoms with E-state index in [1.54, 1.807) is 0 Å². The van der Waals surface area contributed by atoms with Gasteiger partial charge in [-0.1, -0.05) is 60.7 Å². The monoisotopic (exact) mass is 266 g/mol. The van der Waals surface area contributed by atoms with Gasteiger partial charge in [0.2, 0.25) is 12.2 Å². The van der Waals surface area contributed by atoms with Crippen molar-refractivity contribution in [3.63, 3.8) is 0 Å². The van der Waals surface area contributed by atoms with Gasteiger partial charge >= 0.3 is 0 Å².